The van der Waals surface area contributed by atoms with Crippen LogP contribution in [0.15, 0.2) is 42.6 Å². The van der Waals surface area contributed by atoms with Crippen molar-refractivity contribution in [2.75, 3.05) is 13.7 Å². The molecule has 1 heterocycles. The summed E-state index contributed by atoms with van der Waals surface area (Å²) in [6.07, 6.45) is -1.74. The molecule has 9 heteroatoms. The van der Waals surface area contributed by atoms with E-state index in [1.807, 2.05) is 30.3 Å². The summed E-state index contributed by atoms with van der Waals surface area (Å²) >= 11 is 0. The van der Waals surface area contributed by atoms with E-state index in [1.165, 1.54) is 13.3 Å². The van der Waals surface area contributed by atoms with E-state index in [0.717, 1.165) is 11.6 Å². The molecular formula is C18H24N2O7. The lowest BCUT2D eigenvalue weighted by atomic mass is 10.1. The second kappa shape index (κ2) is 10.8. The zero-order chi connectivity index (χ0) is 19.6. The molecule has 2 amide bonds. The molecule has 9 nitrogen and oxygen atoms in total. The molecule has 1 aliphatic rings. The Balaban J connectivity index is 2.08. The van der Waals surface area contributed by atoms with Crippen LogP contribution in [0.2, 0.25) is 0 Å². The Bertz CT molecular complexity index is 625. The molecule has 0 saturated carbocycles. The van der Waals surface area contributed by atoms with E-state index in [9.17, 15) is 19.8 Å². The van der Waals surface area contributed by atoms with Gasteiger partial charge in [0.2, 0.25) is 12.3 Å². The van der Waals surface area contributed by atoms with Crippen LogP contribution in [0.3, 0.4) is 0 Å². The Labute approximate surface area is 156 Å². The zero-order valence-corrected chi connectivity index (χ0v) is 14.9. The molecule has 1 saturated heterocycles. The molecule has 4 N–H and O–H groups in total. The van der Waals surface area contributed by atoms with Crippen LogP contribution >= 0.6 is 0 Å². The Morgan fingerprint density at radius 2 is 2.07 bits per heavy atom. The Hall–Kier alpha value is -2.30. The maximum absolute atomic E-state index is 11.9. The van der Waals surface area contributed by atoms with E-state index < -0.39 is 43.2 Å². The maximum atomic E-state index is 11.9. The van der Waals surface area contributed by atoms with Gasteiger partial charge in [-0.2, -0.15) is 0 Å². The van der Waals surface area contributed by atoms with Crippen LogP contribution in [0.25, 0.3) is 0 Å². The quantitative estimate of drug-likeness (QED) is 0.304. The van der Waals surface area contributed by atoms with Crippen molar-refractivity contribution in [3.8, 4) is 0 Å². The van der Waals surface area contributed by atoms with Gasteiger partial charge in [-0.1, -0.05) is 30.3 Å². The minimum atomic E-state index is -1.21. The molecule has 0 spiro atoms. The summed E-state index contributed by atoms with van der Waals surface area (Å²) < 4.78 is 17.0. The second-order valence-corrected chi connectivity index (χ2v) is 5.86. The molecule has 0 aromatic heterocycles. The summed E-state index contributed by atoms with van der Waals surface area (Å²) in [5, 5.41) is 24.2. The zero-order valence-electron chi connectivity index (χ0n) is 14.9. The van der Waals surface area contributed by atoms with Crippen molar-refractivity contribution in [2.45, 2.75) is 37.3 Å². The van der Waals surface area contributed by atoms with E-state index in [0.29, 0.717) is 6.41 Å². The molecule has 27 heavy (non-hydrogen) atoms. The predicted molar refractivity (Wildman–Crippen MR) is 94.1 cm³/mol. The molecule has 1 aliphatic heterocycles. The van der Waals surface area contributed by atoms with Gasteiger partial charge in [0.1, 0.15) is 24.4 Å². The third-order valence-corrected chi connectivity index (χ3v) is 4.06. The van der Waals surface area contributed by atoms with Gasteiger partial charge in [0.25, 0.3) is 0 Å². The van der Waals surface area contributed by atoms with Crippen LogP contribution < -0.4 is 10.6 Å². The summed E-state index contributed by atoms with van der Waals surface area (Å²) in [5.74, 6) is -0.530. The van der Waals surface area contributed by atoms with E-state index in [2.05, 4.69) is 10.6 Å². The monoisotopic (exact) mass is 380 g/mol. The van der Waals surface area contributed by atoms with Gasteiger partial charge in [0, 0.05) is 19.4 Å². The topological polar surface area (TPSA) is 126 Å². The third kappa shape index (κ3) is 5.84. The highest BCUT2D eigenvalue weighted by atomic mass is 16.6. The van der Waals surface area contributed by atoms with Gasteiger partial charge >= 0.3 is 0 Å². The molecule has 1 aromatic carbocycles. The van der Waals surface area contributed by atoms with Gasteiger partial charge in [0.15, 0.2) is 6.23 Å². The van der Waals surface area contributed by atoms with Crippen molar-refractivity contribution in [2.24, 2.45) is 0 Å². The van der Waals surface area contributed by atoms with E-state index in [-0.39, 0.29) is 6.61 Å². The number of aliphatic hydroxyl groups excluding tert-OH is 2. The van der Waals surface area contributed by atoms with Crippen LogP contribution in [0.4, 0.5) is 0 Å². The highest BCUT2D eigenvalue weighted by Crippen LogP contribution is 2.28. The second-order valence-electron chi connectivity index (χ2n) is 5.86. The Kier molecular flexibility index (Phi) is 8.37. The van der Waals surface area contributed by atoms with Gasteiger partial charge in [0.05, 0.1) is 13.2 Å². The fourth-order valence-corrected chi connectivity index (χ4v) is 2.78. The van der Waals surface area contributed by atoms with Gasteiger partial charge in [-0.25, -0.2) is 0 Å². The number of ether oxygens (including phenoxy) is 3. The van der Waals surface area contributed by atoms with Crippen LogP contribution in [0, 0.1) is 0 Å². The van der Waals surface area contributed by atoms with Crippen LogP contribution in [0.1, 0.15) is 5.56 Å². The Morgan fingerprint density at radius 1 is 1.33 bits per heavy atom. The minimum absolute atomic E-state index is 0.243. The summed E-state index contributed by atoms with van der Waals surface area (Å²) in [6.45, 7) is -0.288. The molecule has 5 unspecified atom stereocenters. The first-order valence-corrected chi connectivity index (χ1v) is 8.40. The van der Waals surface area contributed by atoms with Gasteiger partial charge in [-0.3, -0.25) is 9.59 Å². The van der Waals surface area contributed by atoms with E-state index >= 15 is 0 Å². The number of benzene rings is 1. The number of carbonyl (C=O) groups excluding carboxylic acids is 2. The molecule has 148 valence electrons. The lowest BCUT2D eigenvalue weighted by Gasteiger charge is -2.25. The first-order valence-electron chi connectivity index (χ1n) is 8.40. The predicted octanol–water partition coefficient (Wildman–Crippen LogP) is -0.959. The molecule has 1 aromatic rings. The Morgan fingerprint density at radius 3 is 2.70 bits per heavy atom. The summed E-state index contributed by atoms with van der Waals surface area (Å²) in [7, 11) is 1.43. The number of hydrogen-bond donors (Lipinski definition) is 4. The molecular weight excluding hydrogens is 356 g/mol. The highest BCUT2D eigenvalue weighted by Gasteiger charge is 2.49. The SMILES string of the molecule is COC1C(NC(=O)/C=C\NC=O)OC(C(O)CO)C1OCc1ccccc1. The molecule has 2 rings (SSSR count). The van der Waals surface area contributed by atoms with Crippen molar-refractivity contribution in [3.63, 3.8) is 0 Å². The lowest BCUT2D eigenvalue weighted by molar-refractivity contribution is -0.126. The standard InChI is InChI=1S/C18H24N2O7/c1-25-17-16(26-10-12-5-3-2-4-6-12)15(13(23)9-21)27-18(17)20-14(24)7-8-19-11-22/h2-8,11,13,15-18,21,23H,9-10H2,1H3,(H,19,22)(H,20,24)/b8-7-. The lowest BCUT2D eigenvalue weighted by Crippen LogP contribution is -2.46. The fourth-order valence-electron chi connectivity index (χ4n) is 2.78. The number of rotatable bonds is 10. The normalized spacial score (nSPS) is 26.0. The number of carbonyl (C=O) groups is 2. The van der Waals surface area contributed by atoms with Crippen molar-refractivity contribution in [1.29, 1.82) is 0 Å². The van der Waals surface area contributed by atoms with E-state index in [1.54, 1.807) is 0 Å². The van der Waals surface area contributed by atoms with Crippen LogP contribution in [-0.2, 0) is 30.4 Å². The maximum Gasteiger partial charge on any atom is 0.247 e. The van der Waals surface area contributed by atoms with Gasteiger partial charge in [-0.05, 0) is 5.56 Å². The first kappa shape index (κ1) is 21.0. The highest BCUT2D eigenvalue weighted by molar-refractivity contribution is 5.87. The number of hydrogen-bond acceptors (Lipinski definition) is 7. The van der Waals surface area contributed by atoms with Gasteiger partial charge in [-0.15, -0.1) is 0 Å². The fraction of sp³-hybridized carbons (Fsp3) is 0.444. The third-order valence-electron chi connectivity index (χ3n) is 4.06. The smallest absolute Gasteiger partial charge is 0.247 e. The van der Waals surface area contributed by atoms with E-state index in [4.69, 9.17) is 14.2 Å². The first-order chi connectivity index (χ1) is 13.1. The number of nitrogens with one attached hydrogen (secondary N) is 2. The molecule has 5 atom stereocenters. The average molecular weight is 380 g/mol. The molecule has 0 radical (unpaired) electrons. The van der Waals surface area contributed by atoms with Gasteiger partial charge < -0.3 is 35.1 Å². The summed E-state index contributed by atoms with van der Waals surface area (Å²) in [5.41, 5.74) is 0.917. The van der Waals surface area contributed by atoms with Crippen LogP contribution in [0.5, 0.6) is 0 Å². The number of methoxy groups -OCH3 is 1. The largest absolute Gasteiger partial charge is 0.394 e. The molecule has 0 bridgehead atoms. The average Bonchev–Trinajstić information content (AvgIpc) is 3.03. The van der Waals surface area contributed by atoms with Crippen molar-refractivity contribution in [1.82, 2.24) is 10.6 Å². The van der Waals surface area contributed by atoms with Crippen molar-refractivity contribution < 1.29 is 34.0 Å². The molecule has 0 aliphatic carbocycles. The van der Waals surface area contributed by atoms with Crippen molar-refractivity contribution in [3.05, 3.63) is 48.2 Å². The number of amides is 2. The van der Waals surface area contributed by atoms with Crippen LogP contribution in [-0.4, -0.2) is 66.9 Å². The minimum Gasteiger partial charge on any atom is -0.394 e. The summed E-state index contributed by atoms with van der Waals surface area (Å²) in [6, 6.07) is 9.41. The van der Waals surface area contributed by atoms with Crippen molar-refractivity contribution >= 4 is 12.3 Å². The molecule has 1 fully saturated rings. The number of aliphatic hydroxyl groups is 2. The summed E-state index contributed by atoms with van der Waals surface area (Å²) in [4.78, 5) is 22.1.